The van der Waals surface area contributed by atoms with Gasteiger partial charge in [0.1, 0.15) is 11.6 Å². The Balaban J connectivity index is 3.25. The summed E-state index contributed by atoms with van der Waals surface area (Å²) in [7, 11) is 0. The second-order valence-corrected chi connectivity index (χ2v) is 5.52. The highest BCUT2D eigenvalue weighted by molar-refractivity contribution is 9.10. The maximum absolute atomic E-state index is 13.6. The Hall–Kier alpha value is 0.0400. The molecule has 0 aliphatic rings. The van der Waals surface area contributed by atoms with Crippen LogP contribution in [-0.2, 0) is 0 Å². The van der Waals surface area contributed by atoms with E-state index >= 15 is 0 Å². The number of benzene rings is 1. The number of hydrogen-bond acceptors (Lipinski definition) is 0. The second kappa shape index (κ2) is 4.71. The van der Waals surface area contributed by atoms with Crippen LogP contribution in [-0.4, -0.2) is 4.83 Å². The third kappa shape index (κ3) is 2.34. The molecule has 0 N–H and O–H groups in total. The minimum Gasteiger partial charge on any atom is -0.207 e. The van der Waals surface area contributed by atoms with Gasteiger partial charge < -0.3 is 0 Å². The van der Waals surface area contributed by atoms with Gasteiger partial charge in [0, 0.05) is 10.4 Å². The van der Waals surface area contributed by atoms with Crippen LogP contribution in [0.3, 0.4) is 0 Å². The van der Waals surface area contributed by atoms with Crippen LogP contribution in [0.15, 0.2) is 16.6 Å². The van der Waals surface area contributed by atoms with Gasteiger partial charge in [0.15, 0.2) is 0 Å². The Kier molecular flexibility index (Phi) is 4.07. The standard InChI is InChI=1S/C10H10Br2F2/c1-5(6(2)11)9-8(13)4-3-7(12)10(9)14/h3-6H,1-2H3. The van der Waals surface area contributed by atoms with Crippen molar-refractivity contribution < 1.29 is 8.78 Å². The first-order chi connectivity index (χ1) is 6.45. The summed E-state index contributed by atoms with van der Waals surface area (Å²) in [6.45, 7) is 3.65. The lowest BCUT2D eigenvalue weighted by atomic mass is 9.97. The fourth-order valence-corrected chi connectivity index (χ4v) is 1.80. The summed E-state index contributed by atoms with van der Waals surface area (Å²) in [5.41, 5.74) is 0.128. The molecule has 1 rings (SSSR count). The van der Waals surface area contributed by atoms with Crippen molar-refractivity contribution in [2.24, 2.45) is 0 Å². The van der Waals surface area contributed by atoms with Gasteiger partial charge in [0.2, 0.25) is 0 Å². The quantitative estimate of drug-likeness (QED) is 0.549. The number of rotatable bonds is 2. The van der Waals surface area contributed by atoms with Crippen molar-refractivity contribution in [3.8, 4) is 0 Å². The van der Waals surface area contributed by atoms with Crippen LogP contribution >= 0.6 is 31.9 Å². The Morgan fingerprint density at radius 3 is 2.29 bits per heavy atom. The zero-order valence-corrected chi connectivity index (χ0v) is 11.0. The Bertz CT molecular complexity index is 337. The van der Waals surface area contributed by atoms with E-state index in [2.05, 4.69) is 31.9 Å². The average molecular weight is 328 g/mol. The Morgan fingerprint density at radius 2 is 1.79 bits per heavy atom. The molecule has 0 aromatic heterocycles. The molecular formula is C10H10Br2F2. The van der Waals surface area contributed by atoms with E-state index in [1.165, 1.54) is 12.1 Å². The first-order valence-corrected chi connectivity index (χ1v) is 5.93. The van der Waals surface area contributed by atoms with Crippen molar-refractivity contribution in [3.63, 3.8) is 0 Å². The summed E-state index contributed by atoms with van der Waals surface area (Å²) >= 11 is 6.36. The molecule has 0 aliphatic carbocycles. The van der Waals surface area contributed by atoms with Gasteiger partial charge in [0.05, 0.1) is 4.47 Å². The second-order valence-electron chi connectivity index (χ2n) is 3.22. The van der Waals surface area contributed by atoms with Gasteiger partial charge in [-0.2, -0.15) is 0 Å². The van der Waals surface area contributed by atoms with Gasteiger partial charge in [-0.15, -0.1) is 0 Å². The summed E-state index contributed by atoms with van der Waals surface area (Å²) in [6, 6.07) is 2.65. The summed E-state index contributed by atoms with van der Waals surface area (Å²) in [5, 5.41) is 0. The molecule has 14 heavy (non-hydrogen) atoms. The van der Waals surface area contributed by atoms with Crippen LogP contribution in [0.4, 0.5) is 8.78 Å². The van der Waals surface area contributed by atoms with Gasteiger partial charge in [-0.25, -0.2) is 8.78 Å². The summed E-state index contributed by atoms with van der Waals surface area (Å²) in [4.78, 5) is 0.0285. The van der Waals surface area contributed by atoms with E-state index < -0.39 is 11.6 Å². The Morgan fingerprint density at radius 1 is 1.21 bits per heavy atom. The first kappa shape index (κ1) is 12.1. The van der Waals surface area contributed by atoms with Crippen LogP contribution in [0, 0.1) is 11.6 Å². The normalized spacial score (nSPS) is 15.3. The molecule has 2 unspecified atom stereocenters. The van der Waals surface area contributed by atoms with Gasteiger partial charge in [-0.05, 0) is 34.0 Å². The highest BCUT2D eigenvalue weighted by Gasteiger charge is 2.21. The molecule has 0 amide bonds. The largest absolute Gasteiger partial charge is 0.207 e. The van der Waals surface area contributed by atoms with Crippen molar-refractivity contribution in [3.05, 3.63) is 33.8 Å². The molecule has 0 saturated carbocycles. The number of hydrogen-bond donors (Lipinski definition) is 0. The summed E-state index contributed by atoms with van der Waals surface area (Å²) < 4.78 is 27.2. The molecule has 0 radical (unpaired) electrons. The molecule has 4 heteroatoms. The van der Waals surface area contributed by atoms with Crippen molar-refractivity contribution >= 4 is 31.9 Å². The van der Waals surface area contributed by atoms with E-state index in [1.807, 2.05) is 6.92 Å². The molecule has 0 bridgehead atoms. The maximum Gasteiger partial charge on any atom is 0.143 e. The van der Waals surface area contributed by atoms with Crippen LogP contribution < -0.4 is 0 Å². The fraction of sp³-hybridized carbons (Fsp3) is 0.400. The molecule has 1 aromatic carbocycles. The van der Waals surface area contributed by atoms with E-state index in [9.17, 15) is 8.78 Å². The van der Waals surface area contributed by atoms with Crippen molar-refractivity contribution in [1.29, 1.82) is 0 Å². The molecule has 0 fully saturated rings. The van der Waals surface area contributed by atoms with E-state index in [0.29, 0.717) is 4.47 Å². The van der Waals surface area contributed by atoms with Crippen molar-refractivity contribution in [2.75, 3.05) is 0 Å². The van der Waals surface area contributed by atoms with E-state index in [-0.39, 0.29) is 16.3 Å². The summed E-state index contributed by atoms with van der Waals surface area (Å²) in [5.74, 6) is -1.21. The van der Waals surface area contributed by atoms with Crippen molar-refractivity contribution in [1.82, 2.24) is 0 Å². The maximum atomic E-state index is 13.6. The smallest absolute Gasteiger partial charge is 0.143 e. The van der Waals surface area contributed by atoms with Crippen LogP contribution in [0.5, 0.6) is 0 Å². The molecule has 78 valence electrons. The zero-order chi connectivity index (χ0) is 10.9. The monoisotopic (exact) mass is 326 g/mol. The highest BCUT2D eigenvalue weighted by atomic mass is 79.9. The zero-order valence-electron chi connectivity index (χ0n) is 7.82. The van der Waals surface area contributed by atoms with Gasteiger partial charge in [-0.3, -0.25) is 0 Å². The molecule has 0 spiro atoms. The van der Waals surface area contributed by atoms with Crippen molar-refractivity contribution in [2.45, 2.75) is 24.6 Å². The highest BCUT2D eigenvalue weighted by Crippen LogP contribution is 2.31. The molecule has 0 aliphatic heterocycles. The minimum absolute atomic E-state index is 0.0285. The molecule has 2 atom stereocenters. The SMILES string of the molecule is CC(Br)C(C)c1c(F)ccc(Br)c1F. The van der Waals surface area contributed by atoms with E-state index in [4.69, 9.17) is 0 Å². The van der Waals surface area contributed by atoms with Gasteiger partial charge in [0.25, 0.3) is 0 Å². The van der Waals surface area contributed by atoms with Gasteiger partial charge in [-0.1, -0.05) is 29.8 Å². The van der Waals surface area contributed by atoms with Crippen LogP contribution in [0.25, 0.3) is 0 Å². The van der Waals surface area contributed by atoms with Crippen LogP contribution in [0.1, 0.15) is 25.3 Å². The topological polar surface area (TPSA) is 0 Å². The molecular weight excluding hydrogens is 318 g/mol. The van der Waals surface area contributed by atoms with Gasteiger partial charge >= 0.3 is 0 Å². The number of halogens is 4. The third-order valence-corrected chi connectivity index (χ3v) is 3.63. The molecule has 0 saturated heterocycles. The lowest BCUT2D eigenvalue weighted by Gasteiger charge is -2.16. The average Bonchev–Trinajstić information content (AvgIpc) is 2.12. The number of alkyl halides is 1. The predicted molar refractivity (Wildman–Crippen MR) is 60.9 cm³/mol. The lowest BCUT2D eigenvalue weighted by molar-refractivity contribution is 0.528. The minimum atomic E-state index is -0.510. The van der Waals surface area contributed by atoms with E-state index in [0.717, 1.165) is 0 Å². The van der Waals surface area contributed by atoms with E-state index in [1.54, 1.807) is 6.92 Å². The molecule has 1 aromatic rings. The third-order valence-electron chi connectivity index (χ3n) is 2.22. The summed E-state index contributed by atoms with van der Waals surface area (Å²) in [6.07, 6.45) is 0. The molecule has 0 nitrogen and oxygen atoms in total. The van der Waals surface area contributed by atoms with Crippen LogP contribution in [0.2, 0.25) is 0 Å². The first-order valence-electron chi connectivity index (χ1n) is 4.22. The predicted octanol–water partition coefficient (Wildman–Crippen LogP) is 4.61. The fourth-order valence-electron chi connectivity index (χ4n) is 1.19. The molecule has 0 heterocycles. The Labute approximate surface area is 99.0 Å². The lowest BCUT2D eigenvalue weighted by Crippen LogP contribution is -2.09.